The molecule has 1 fully saturated rings. The molecule has 2 aromatic carbocycles. The molecule has 1 N–H and O–H groups in total. The molecule has 0 radical (unpaired) electrons. The highest BCUT2D eigenvalue weighted by Gasteiger charge is 2.23. The predicted molar refractivity (Wildman–Crippen MR) is 123 cm³/mol. The van der Waals surface area contributed by atoms with E-state index in [1.54, 1.807) is 31.4 Å². The minimum atomic E-state index is -0.397. The third-order valence-corrected chi connectivity index (χ3v) is 5.63. The molecule has 1 atom stereocenters. The molecule has 1 aliphatic rings. The summed E-state index contributed by atoms with van der Waals surface area (Å²) >= 11 is 3.43. The second-order valence-electron chi connectivity index (χ2n) is 7.38. The highest BCUT2D eigenvalue weighted by Crippen LogP contribution is 2.21. The van der Waals surface area contributed by atoms with Crippen molar-refractivity contribution in [1.29, 1.82) is 5.26 Å². The molecule has 162 valence electrons. The van der Waals surface area contributed by atoms with Crippen LogP contribution in [0.2, 0.25) is 0 Å². The highest BCUT2D eigenvalue weighted by molar-refractivity contribution is 9.10. The summed E-state index contributed by atoms with van der Waals surface area (Å²) in [7, 11) is 1.59. The van der Waals surface area contributed by atoms with E-state index in [1.807, 2.05) is 30.3 Å². The predicted octanol–water partition coefficient (Wildman–Crippen LogP) is 3.97. The van der Waals surface area contributed by atoms with Crippen LogP contribution in [0.4, 0.5) is 0 Å². The minimum Gasteiger partial charge on any atom is -0.490 e. The maximum atomic E-state index is 12.3. The first-order valence-electron chi connectivity index (χ1n) is 10.2. The van der Waals surface area contributed by atoms with E-state index < -0.39 is 6.23 Å². The van der Waals surface area contributed by atoms with Gasteiger partial charge in [-0.3, -0.25) is 9.69 Å². The lowest BCUT2D eigenvalue weighted by Gasteiger charge is -2.34. The summed E-state index contributed by atoms with van der Waals surface area (Å²) in [6.07, 6.45) is 4.80. The Bertz CT molecular complexity index is 932. The fourth-order valence-electron chi connectivity index (χ4n) is 3.42. The average Bonchev–Trinajstić information content (AvgIpc) is 2.80. The lowest BCUT2D eigenvalue weighted by Crippen LogP contribution is -2.48. The quantitative estimate of drug-likeness (QED) is 0.454. The van der Waals surface area contributed by atoms with Gasteiger partial charge in [-0.05, 0) is 60.9 Å². The molecular weight excluding hydrogens is 458 g/mol. The zero-order valence-electron chi connectivity index (χ0n) is 17.5. The number of methoxy groups -OCH3 is 1. The maximum Gasteiger partial charge on any atom is 0.246 e. The van der Waals surface area contributed by atoms with Crippen molar-refractivity contribution in [1.82, 2.24) is 10.2 Å². The van der Waals surface area contributed by atoms with Crippen molar-refractivity contribution < 1.29 is 14.3 Å². The van der Waals surface area contributed by atoms with E-state index in [1.165, 1.54) is 6.08 Å². The first-order chi connectivity index (χ1) is 15.1. The van der Waals surface area contributed by atoms with Gasteiger partial charge in [-0.2, -0.15) is 5.26 Å². The summed E-state index contributed by atoms with van der Waals surface area (Å²) in [6.45, 7) is 2.38. The highest BCUT2D eigenvalue weighted by atomic mass is 79.9. The number of hydrogen-bond donors (Lipinski definition) is 1. The van der Waals surface area contributed by atoms with Crippen LogP contribution in [0.1, 0.15) is 24.0 Å². The normalized spacial score (nSPS) is 16.0. The van der Waals surface area contributed by atoms with Gasteiger partial charge < -0.3 is 14.8 Å². The monoisotopic (exact) mass is 483 g/mol. The number of nitriles is 1. The third-order valence-electron chi connectivity index (χ3n) is 5.11. The van der Waals surface area contributed by atoms with Crippen molar-refractivity contribution in [3.63, 3.8) is 0 Å². The lowest BCUT2D eigenvalue weighted by molar-refractivity contribution is -0.120. The molecule has 2 aromatic rings. The SMILES string of the molecule is COC(CN1CCC(Oc2ccc(Br)cc2)CC1)NC(=O)/C=C/c1cccc(C#N)c1. The smallest absolute Gasteiger partial charge is 0.246 e. The molecule has 6 nitrogen and oxygen atoms in total. The van der Waals surface area contributed by atoms with Crippen LogP contribution in [0.5, 0.6) is 5.75 Å². The molecular formula is C24H26BrN3O3. The second kappa shape index (κ2) is 11.7. The second-order valence-corrected chi connectivity index (χ2v) is 8.29. The number of benzene rings is 2. The van der Waals surface area contributed by atoms with Gasteiger partial charge in [0.25, 0.3) is 0 Å². The van der Waals surface area contributed by atoms with Gasteiger partial charge in [0.05, 0.1) is 11.6 Å². The molecule has 31 heavy (non-hydrogen) atoms. The van der Waals surface area contributed by atoms with Crippen molar-refractivity contribution in [2.24, 2.45) is 0 Å². The van der Waals surface area contributed by atoms with E-state index in [0.29, 0.717) is 12.1 Å². The zero-order valence-corrected chi connectivity index (χ0v) is 19.0. The summed E-state index contributed by atoms with van der Waals surface area (Å²) in [6, 6.07) is 17.1. The van der Waals surface area contributed by atoms with Gasteiger partial charge in [-0.25, -0.2) is 0 Å². The van der Waals surface area contributed by atoms with Crippen molar-refractivity contribution >= 4 is 27.9 Å². The Balaban J connectivity index is 1.43. The zero-order chi connectivity index (χ0) is 22.1. The number of likely N-dealkylation sites (tertiary alicyclic amines) is 1. The van der Waals surface area contributed by atoms with Crippen molar-refractivity contribution in [2.45, 2.75) is 25.2 Å². The number of piperidine rings is 1. The van der Waals surface area contributed by atoms with Crippen LogP contribution >= 0.6 is 15.9 Å². The minimum absolute atomic E-state index is 0.195. The van der Waals surface area contributed by atoms with Gasteiger partial charge in [0, 0.05) is 37.3 Å². The van der Waals surface area contributed by atoms with Gasteiger partial charge in [0.2, 0.25) is 5.91 Å². The van der Waals surface area contributed by atoms with E-state index in [4.69, 9.17) is 14.7 Å². The van der Waals surface area contributed by atoms with Crippen molar-refractivity contribution in [2.75, 3.05) is 26.7 Å². The van der Waals surface area contributed by atoms with Crippen LogP contribution < -0.4 is 10.1 Å². The van der Waals surface area contributed by atoms with E-state index in [9.17, 15) is 4.79 Å². The summed E-state index contributed by atoms with van der Waals surface area (Å²) in [5, 5.41) is 11.8. The summed E-state index contributed by atoms with van der Waals surface area (Å²) in [5.41, 5.74) is 1.36. The third kappa shape index (κ3) is 7.51. The van der Waals surface area contributed by atoms with Crippen LogP contribution in [-0.2, 0) is 9.53 Å². The first kappa shape index (κ1) is 23.0. The summed E-state index contributed by atoms with van der Waals surface area (Å²) < 4.78 is 12.6. The molecule has 3 rings (SSSR count). The molecule has 0 saturated carbocycles. The molecule has 0 spiro atoms. The number of carbonyl (C=O) groups is 1. The average molecular weight is 484 g/mol. The van der Waals surface area contributed by atoms with Crippen LogP contribution in [0.25, 0.3) is 6.08 Å². The number of ether oxygens (including phenoxy) is 2. The fraction of sp³-hybridized carbons (Fsp3) is 0.333. The van der Waals surface area contributed by atoms with E-state index in [2.05, 4.69) is 32.2 Å². The summed E-state index contributed by atoms with van der Waals surface area (Å²) in [5.74, 6) is 0.651. The largest absolute Gasteiger partial charge is 0.490 e. The van der Waals surface area contributed by atoms with Crippen LogP contribution in [0.15, 0.2) is 59.1 Å². The number of rotatable bonds is 8. The molecule has 1 saturated heterocycles. The Kier molecular flexibility index (Phi) is 8.65. The number of nitrogens with one attached hydrogen (secondary N) is 1. The molecule has 1 heterocycles. The van der Waals surface area contributed by atoms with Gasteiger partial charge >= 0.3 is 0 Å². The van der Waals surface area contributed by atoms with Gasteiger partial charge in [0.1, 0.15) is 18.1 Å². The number of nitrogens with zero attached hydrogens (tertiary/aromatic N) is 2. The van der Waals surface area contributed by atoms with Crippen LogP contribution in [0, 0.1) is 11.3 Å². The topological polar surface area (TPSA) is 74.6 Å². The molecule has 0 aromatic heterocycles. The molecule has 0 bridgehead atoms. The van der Waals surface area contributed by atoms with Gasteiger partial charge in [-0.15, -0.1) is 0 Å². The molecule has 1 unspecified atom stereocenters. The van der Waals surface area contributed by atoms with Gasteiger partial charge in [0.15, 0.2) is 0 Å². The van der Waals surface area contributed by atoms with Crippen LogP contribution in [0.3, 0.4) is 0 Å². The number of carbonyl (C=O) groups excluding carboxylic acids is 1. The van der Waals surface area contributed by atoms with Crippen molar-refractivity contribution in [3.8, 4) is 11.8 Å². The summed E-state index contributed by atoms with van der Waals surface area (Å²) in [4.78, 5) is 14.6. The molecule has 1 aliphatic heterocycles. The molecule has 7 heteroatoms. The van der Waals surface area contributed by atoms with E-state index in [-0.39, 0.29) is 12.0 Å². The Morgan fingerprint density at radius 1 is 1.29 bits per heavy atom. The van der Waals surface area contributed by atoms with Crippen molar-refractivity contribution in [3.05, 3.63) is 70.2 Å². The Hall–Kier alpha value is -2.66. The van der Waals surface area contributed by atoms with E-state index in [0.717, 1.165) is 41.7 Å². The first-order valence-corrected chi connectivity index (χ1v) is 11.0. The number of hydrogen-bond acceptors (Lipinski definition) is 5. The van der Waals surface area contributed by atoms with E-state index >= 15 is 0 Å². The lowest BCUT2D eigenvalue weighted by atomic mass is 10.1. The Morgan fingerprint density at radius 2 is 2.03 bits per heavy atom. The fourth-order valence-corrected chi connectivity index (χ4v) is 3.68. The van der Waals surface area contributed by atoms with Gasteiger partial charge in [-0.1, -0.05) is 28.1 Å². The molecule has 0 aliphatic carbocycles. The van der Waals surface area contributed by atoms with Crippen LogP contribution in [-0.4, -0.2) is 49.9 Å². The maximum absolute atomic E-state index is 12.3. The molecule has 1 amide bonds. The Morgan fingerprint density at radius 3 is 2.71 bits per heavy atom. The number of amides is 1. The standard InChI is InChI=1S/C24H26BrN3O3/c1-30-24(27-23(29)10-5-18-3-2-4-19(15-18)16-26)17-28-13-11-22(12-14-28)31-21-8-6-20(25)7-9-21/h2-10,15,22,24H,11-14,17H2,1H3,(H,27,29)/b10-5+. The Labute approximate surface area is 191 Å². The number of halogens is 1.